The molecule has 1 fully saturated rings. The van der Waals surface area contributed by atoms with Crippen LogP contribution in [0.5, 0.6) is 0 Å². The van der Waals surface area contributed by atoms with Gasteiger partial charge in [-0.25, -0.2) is 4.98 Å². The number of hydrogen-bond donors (Lipinski definition) is 0. The molecule has 8 heteroatoms. The Balaban J connectivity index is 0.00000259. The third-order valence-electron chi connectivity index (χ3n) is 5.81. The number of morpholine rings is 1. The van der Waals surface area contributed by atoms with E-state index in [0.29, 0.717) is 22.3 Å². The molecule has 33 heavy (non-hydrogen) atoms. The van der Waals surface area contributed by atoms with Crippen LogP contribution >= 0.6 is 35.3 Å². The van der Waals surface area contributed by atoms with E-state index in [9.17, 15) is 4.79 Å². The summed E-state index contributed by atoms with van der Waals surface area (Å²) in [4.78, 5) is 22.8. The number of carbonyl (C=O) groups excluding carboxylic acids is 1. The average Bonchev–Trinajstić information content (AvgIpc) is 3.27. The number of anilines is 1. The quantitative estimate of drug-likeness (QED) is 0.330. The summed E-state index contributed by atoms with van der Waals surface area (Å²) in [5, 5.41) is 3.31. The Morgan fingerprint density at radius 1 is 1.06 bits per heavy atom. The topological polar surface area (TPSA) is 45.7 Å². The fourth-order valence-electron chi connectivity index (χ4n) is 4.14. The molecule has 5 nitrogen and oxygen atoms in total. The van der Waals surface area contributed by atoms with Gasteiger partial charge in [-0.3, -0.25) is 14.6 Å². The molecule has 4 aromatic rings. The first-order valence-electron chi connectivity index (χ1n) is 10.9. The molecular weight excluding hydrogens is 477 g/mol. The van der Waals surface area contributed by atoms with Crippen LogP contribution in [0.2, 0.25) is 5.02 Å². The van der Waals surface area contributed by atoms with Gasteiger partial charge < -0.3 is 4.74 Å². The van der Waals surface area contributed by atoms with E-state index < -0.39 is 0 Å². The predicted octanol–water partition coefficient (Wildman–Crippen LogP) is 5.89. The second-order valence-electron chi connectivity index (χ2n) is 7.87. The van der Waals surface area contributed by atoms with Crippen LogP contribution in [0, 0.1) is 0 Å². The van der Waals surface area contributed by atoms with Crippen LogP contribution < -0.4 is 4.90 Å². The van der Waals surface area contributed by atoms with Crippen molar-refractivity contribution in [1.82, 2.24) is 9.88 Å². The highest BCUT2D eigenvalue weighted by Gasteiger charge is 2.23. The molecule has 1 aliphatic rings. The number of fused-ring (bicyclic) bond motifs is 2. The summed E-state index contributed by atoms with van der Waals surface area (Å²) in [6.07, 6.45) is 0.861. The maximum absolute atomic E-state index is 13.8. The van der Waals surface area contributed by atoms with Crippen LogP contribution in [0.4, 0.5) is 5.13 Å². The van der Waals surface area contributed by atoms with Crippen molar-refractivity contribution in [2.45, 2.75) is 6.42 Å². The molecule has 1 amide bonds. The van der Waals surface area contributed by atoms with Gasteiger partial charge >= 0.3 is 0 Å². The average molecular weight is 502 g/mol. The van der Waals surface area contributed by atoms with Gasteiger partial charge in [0.15, 0.2) is 5.13 Å². The summed E-state index contributed by atoms with van der Waals surface area (Å²) >= 11 is 7.89. The van der Waals surface area contributed by atoms with Crippen LogP contribution in [0.3, 0.4) is 0 Å². The van der Waals surface area contributed by atoms with E-state index in [1.54, 1.807) is 0 Å². The number of carbonyl (C=O) groups is 1. The predicted molar refractivity (Wildman–Crippen MR) is 139 cm³/mol. The lowest BCUT2D eigenvalue weighted by molar-refractivity contribution is 0.0376. The maximum atomic E-state index is 13.8. The Morgan fingerprint density at radius 2 is 1.82 bits per heavy atom. The lowest BCUT2D eigenvalue weighted by Gasteiger charge is -2.28. The zero-order valence-electron chi connectivity index (χ0n) is 18.1. The van der Waals surface area contributed by atoms with Crippen LogP contribution in [0.15, 0.2) is 60.7 Å². The fourth-order valence-corrected chi connectivity index (χ4v) is 5.43. The summed E-state index contributed by atoms with van der Waals surface area (Å²) in [5.41, 5.74) is 1.44. The molecule has 5 rings (SSSR count). The number of ether oxygens (including phenoxy) is 1. The molecule has 172 valence electrons. The smallest absolute Gasteiger partial charge is 0.260 e. The highest BCUT2D eigenvalue weighted by molar-refractivity contribution is 7.22. The molecule has 0 aliphatic carbocycles. The van der Waals surface area contributed by atoms with Crippen molar-refractivity contribution in [3.05, 3.63) is 71.2 Å². The lowest BCUT2D eigenvalue weighted by Crippen LogP contribution is -2.39. The number of hydrogen-bond acceptors (Lipinski definition) is 5. The van der Waals surface area contributed by atoms with E-state index in [0.717, 1.165) is 60.3 Å². The first-order chi connectivity index (χ1) is 15.7. The number of thiazole rings is 1. The minimum Gasteiger partial charge on any atom is -0.379 e. The summed E-state index contributed by atoms with van der Waals surface area (Å²) < 4.78 is 6.43. The second kappa shape index (κ2) is 10.8. The number of benzene rings is 3. The molecule has 1 aromatic heterocycles. The lowest BCUT2D eigenvalue weighted by atomic mass is 10.0. The summed E-state index contributed by atoms with van der Waals surface area (Å²) in [6.45, 7) is 4.94. The number of para-hydroxylation sites is 1. The van der Waals surface area contributed by atoms with E-state index in [1.807, 2.05) is 65.6 Å². The van der Waals surface area contributed by atoms with Gasteiger partial charge in [-0.1, -0.05) is 65.4 Å². The Hall–Kier alpha value is -2.22. The number of nitrogens with zero attached hydrogens (tertiary/aromatic N) is 3. The SMILES string of the molecule is Cl.O=C(c1cccc2ccccc12)N(CCCN1CCOCC1)c1nc2c(Cl)cccc2s1. The summed E-state index contributed by atoms with van der Waals surface area (Å²) in [6, 6.07) is 19.6. The van der Waals surface area contributed by atoms with Gasteiger partial charge in [-0.05, 0) is 35.4 Å². The van der Waals surface area contributed by atoms with Crippen molar-refractivity contribution in [3.8, 4) is 0 Å². The fraction of sp³-hybridized carbons (Fsp3) is 0.280. The maximum Gasteiger partial charge on any atom is 0.260 e. The van der Waals surface area contributed by atoms with Gasteiger partial charge in [-0.2, -0.15) is 0 Å². The number of amides is 1. The first-order valence-corrected chi connectivity index (χ1v) is 12.0. The molecule has 0 bridgehead atoms. The van der Waals surface area contributed by atoms with E-state index >= 15 is 0 Å². The van der Waals surface area contributed by atoms with Crippen molar-refractivity contribution in [2.75, 3.05) is 44.3 Å². The van der Waals surface area contributed by atoms with E-state index in [2.05, 4.69) is 4.90 Å². The van der Waals surface area contributed by atoms with Crippen LogP contribution in [0.25, 0.3) is 21.0 Å². The normalized spacial score (nSPS) is 14.3. The van der Waals surface area contributed by atoms with Crippen molar-refractivity contribution >= 4 is 67.4 Å². The third kappa shape index (κ3) is 5.15. The molecule has 0 spiro atoms. The molecule has 0 unspecified atom stereocenters. The molecule has 1 saturated heterocycles. The van der Waals surface area contributed by atoms with E-state index in [1.165, 1.54) is 11.3 Å². The van der Waals surface area contributed by atoms with Crippen LogP contribution in [0.1, 0.15) is 16.8 Å². The molecule has 0 N–H and O–H groups in total. The molecule has 1 aliphatic heterocycles. The van der Waals surface area contributed by atoms with Gasteiger partial charge in [0.2, 0.25) is 0 Å². The molecule has 2 heterocycles. The Labute approximate surface area is 208 Å². The van der Waals surface area contributed by atoms with E-state index in [-0.39, 0.29) is 18.3 Å². The minimum absolute atomic E-state index is 0. The standard InChI is InChI=1S/C25H24ClN3O2S.ClH/c26-21-10-4-11-22-23(21)27-25(32-22)29(13-5-12-28-14-16-31-17-15-28)24(30)20-9-3-7-18-6-1-2-8-19(18)20;/h1-4,6-11H,5,12-17H2;1H. The Bertz CT molecular complexity index is 1250. The number of rotatable bonds is 6. The van der Waals surface area contributed by atoms with Gasteiger partial charge in [0.1, 0.15) is 5.52 Å². The zero-order chi connectivity index (χ0) is 21.9. The summed E-state index contributed by atoms with van der Waals surface area (Å²) in [5.74, 6) is -0.0287. The first kappa shape index (κ1) is 23.9. The molecule has 0 saturated carbocycles. The second-order valence-corrected chi connectivity index (χ2v) is 9.29. The van der Waals surface area contributed by atoms with Gasteiger partial charge in [0.25, 0.3) is 5.91 Å². The van der Waals surface area contributed by atoms with Crippen molar-refractivity contribution in [3.63, 3.8) is 0 Å². The monoisotopic (exact) mass is 501 g/mol. The molecule has 3 aromatic carbocycles. The van der Waals surface area contributed by atoms with Gasteiger partial charge in [0.05, 0.1) is 22.9 Å². The van der Waals surface area contributed by atoms with Crippen molar-refractivity contribution in [2.24, 2.45) is 0 Å². The molecular formula is C25H25Cl2N3O2S. The highest BCUT2D eigenvalue weighted by Crippen LogP contribution is 2.34. The number of aromatic nitrogens is 1. The Morgan fingerprint density at radius 3 is 2.64 bits per heavy atom. The van der Waals surface area contributed by atoms with Crippen molar-refractivity contribution in [1.29, 1.82) is 0 Å². The van der Waals surface area contributed by atoms with Crippen LogP contribution in [-0.2, 0) is 4.74 Å². The molecule has 0 radical (unpaired) electrons. The molecule has 0 atom stereocenters. The third-order valence-corrected chi connectivity index (χ3v) is 7.16. The van der Waals surface area contributed by atoms with E-state index in [4.69, 9.17) is 21.3 Å². The Kier molecular flexibility index (Phi) is 7.83. The largest absolute Gasteiger partial charge is 0.379 e. The minimum atomic E-state index is -0.0287. The zero-order valence-corrected chi connectivity index (χ0v) is 20.5. The van der Waals surface area contributed by atoms with Gasteiger partial charge in [-0.15, -0.1) is 12.4 Å². The van der Waals surface area contributed by atoms with Crippen molar-refractivity contribution < 1.29 is 9.53 Å². The highest BCUT2D eigenvalue weighted by atomic mass is 35.5. The van der Waals surface area contributed by atoms with Gasteiger partial charge in [0, 0.05) is 31.7 Å². The summed E-state index contributed by atoms with van der Waals surface area (Å²) in [7, 11) is 0. The number of halogens is 2. The van der Waals surface area contributed by atoms with Crippen LogP contribution in [-0.4, -0.2) is 55.2 Å².